The number of hydrogen-bond donors (Lipinski definition) is 3. The zero-order valence-electron chi connectivity index (χ0n) is 10.5. The third-order valence-electron chi connectivity index (χ3n) is 2.52. The summed E-state index contributed by atoms with van der Waals surface area (Å²) >= 11 is 0. The van der Waals surface area contributed by atoms with Crippen LogP contribution in [0.1, 0.15) is 29.9 Å². The number of pyridine rings is 1. The fraction of sp³-hybridized carbons (Fsp3) is 0.417. The highest BCUT2D eigenvalue weighted by Crippen LogP contribution is 2.03. The van der Waals surface area contributed by atoms with Crippen LogP contribution < -0.4 is 10.9 Å². The summed E-state index contributed by atoms with van der Waals surface area (Å²) in [5.41, 5.74) is 0.0167. The number of nitrogens with one attached hydrogen (secondary N) is 2. The molecule has 0 spiro atoms. The summed E-state index contributed by atoms with van der Waals surface area (Å²) in [7, 11) is 0. The lowest BCUT2D eigenvalue weighted by Crippen LogP contribution is -2.45. The SMILES string of the molecule is Cc1ccc(C(=O)NC(C(=O)O)C(C)C)c(=O)[nH]1. The zero-order chi connectivity index (χ0) is 13.9. The summed E-state index contributed by atoms with van der Waals surface area (Å²) in [6, 6.07) is 1.95. The second kappa shape index (κ2) is 5.48. The van der Waals surface area contributed by atoms with Crippen molar-refractivity contribution in [1.29, 1.82) is 0 Å². The monoisotopic (exact) mass is 252 g/mol. The maximum Gasteiger partial charge on any atom is 0.326 e. The molecule has 0 aromatic carbocycles. The molecule has 6 heteroatoms. The van der Waals surface area contributed by atoms with E-state index in [-0.39, 0.29) is 11.5 Å². The van der Waals surface area contributed by atoms with Gasteiger partial charge in [-0.3, -0.25) is 9.59 Å². The van der Waals surface area contributed by atoms with E-state index in [2.05, 4.69) is 10.3 Å². The minimum absolute atomic E-state index is 0.0903. The maximum absolute atomic E-state index is 11.8. The van der Waals surface area contributed by atoms with E-state index in [1.807, 2.05) is 0 Å². The average molecular weight is 252 g/mol. The first-order valence-corrected chi connectivity index (χ1v) is 5.56. The fourth-order valence-electron chi connectivity index (χ4n) is 1.48. The lowest BCUT2D eigenvalue weighted by molar-refractivity contribution is -0.140. The molecule has 0 aliphatic rings. The highest BCUT2D eigenvalue weighted by Gasteiger charge is 2.24. The number of aromatic amines is 1. The summed E-state index contributed by atoms with van der Waals surface area (Å²) in [5.74, 6) is -2.07. The van der Waals surface area contributed by atoms with Gasteiger partial charge in [-0.1, -0.05) is 13.8 Å². The van der Waals surface area contributed by atoms with Gasteiger partial charge in [0.25, 0.3) is 11.5 Å². The molecule has 1 aromatic rings. The van der Waals surface area contributed by atoms with Crippen molar-refractivity contribution in [3.05, 3.63) is 33.7 Å². The van der Waals surface area contributed by atoms with E-state index in [4.69, 9.17) is 5.11 Å². The van der Waals surface area contributed by atoms with Crippen LogP contribution in [-0.2, 0) is 4.79 Å². The summed E-state index contributed by atoms with van der Waals surface area (Å²) in [5, 5.41) is 11.3. The molecule has 0 radical (unpaired) electrons. The van der Waals surface area contributed by atoms with Crippen LogP contribution in [0.25, 0.3) is 0 Å². The van der Waals surface area contributed by atoms with Gasteiger partial charge in [-0.05, 0) is 25.0 Å². The third kappa shape index (κ3) is 3.19. The Morgan fingerprint density at radius 1 is 1.33 bits per heavy atom. The average Bonchev–Trinajstić information content (AvgIpc) is 2.24. The predicted molar refractivity (Wildman–Crippen MR) is 65.5 cm³/mol. The number of aryl methyl sites for hydroxylation is 1. The number of aromatic nitrogens is 1. The van der Waals surface area contributed by atoms with Gasteiger partial charge in [-0.25, -0.2) is 4.79 Å². The third-order valence-corrected chi connectivity index (χ3v) is 2.52. The van der Waals surface area contributed by atoms with Crippen molar-refractivity contribution in [3.8, 4) is 0 Å². The van der Waals surface area contributed by atoms with Gasteiger partial charge in [0, 0.05) is 5.69 Å². The molecule has 0 saturated heterocycles. The van der Waals surface area contributed by atoms with Gasteiger partial charge in [0.15, 0.2) is 0 Å². The van der Waals surface area contributed by atoms with Gasteiger partial charge in [-0.2, -0.15) is 0 Å². The summed E-state index contributed by atoms with van der Waals surface area (Å²) in [6.07, 6.45) is 0. The molecule has 0 saturated carbocycles. The van der Waals surface area contributed by atoms with Crippen LogP contribution in [0.4, 0.5) is 0 Å². The van der Waals surface area contributed by atoms with Gasteiger partial charge in [0.2, 0.25) is 0 Å². The minimum atomic E-state index is -1.12. The summed E-state index contributed by atoms with van der Waals surface area (Å²) in [4.78, 5) is 36.8. The number of hydrogen-bond acceptors (Lipinski definition) is 3. The molecule has 1 amide bonds. The van der Waals surface area contributed by atoms with Crippen LogP contribution in [0.5, 0.6) is 0 Å². The van der Waals surface area contributed by atoms with Gasteiger partial charge in [-0.15, -0.1) is 0 Å². The summed E-state index contributed by atoms with van der Waals surface area (Å²) < 4.78 is 0. The molecule has 3 N–H and O–H groups in total. The number of carbonyl (C=O) groups excluding carboxylic acids is 1. The number of rotatable bonds is 4. The van der Waals surface area contributed by atoms with E-state index in [0.29, 0.717) is 5.69 Å². The van der Waals surface area contributed by atoms with Crippen LogP contribution in [0.15, 0.2) is 16.9 Å². The van der Waals surface area contributed by atoms with Crippen molar-refractivity contribution in [3.63, 3.8) is 0 Å². The molecule has 0 bridgehead atoms. The van der Waals surface area contributed by atoms with Crippen molar-refractivity contribution >= 4 is 11.9 Å². The number of aliphatic carboxylic acids is 1. The molecule has 1 atom stereocenters. The molecule has 0 fully saturated rings. The quantitative estimate of drug-likeness (QED) is 0.727. The largest absolute Gasteiger partial charge is 0.480 e. The van der Waals surface area contributed by atoms with Gasteiger partial charge in [0.05, 0.1) is 0 Å². The van der Waals surface area contributed by atoms with Crippen molar-refractivity contribution < 1.29 is 14.7 Å². The standard InChI is InChI=1S/C12H16N2O4/c1-6(2)9(12(17)18)14-11(16)8-5-4-7(3)13-10(8)15/h4-6,9H,1-3H3,(H,13,15)(H,14,16)(H,17,18). The second-order valence-electron chi connectivity index (χ2n) is 4.42. The lowest BCUT2D eigenvalue weighted by Gasteiger charge is -2.17. The van der Waals surface area contributed by atoms with Crippen molar-refractivity contribution in [2.24, 2.45) is 5.92 Å². The number of carboxylic acids is 1. The van der Waals surface area contributed by atoms with Crippen LogP contribution in [0, 0.1) is 12.8 Å². The Hall–Kier alpha value is -2.11. The smallest absolute Gasteiger partial charge is 0.326 e. The van der Waals surface area contributed by atoms with Crippen molar-refractivity contribution in [2.45, 2.75) is 26.8 Å². The maximum atomic E-state index is 11.8. The van der Waals surface area contributed by atoms with Crippen molar-refractivity contribution in [1.82, 2.24) is 10.3 Å². The molecule has 1 heterocycles. The minimum Gasteiger partial charge on any atom is -0.480 e. The Bertz CT molecular complexity index is 519. The van der Waals surface area contributed by atoms with E-state index >= 15 is 0 Å². The molecule has 1 aromatic heterocycles. The number of amides is 1. The van der Waals surface area contributed by atoms with Crippen LogP contribution in [0.3, 0.4) is 0 Å². The zero-order valence-corrected chi connectivity index (χ0v) is 10.5. The van der Waals surface area contributed by atoms with Gasteiger partial charge < -0.3 is 15.4 Å². The first kappa shape index (κ1) is 14.0. The Balaban J connectivity index is 2.94. The molecule has 1 unspecified atom stereocenters. The van der Waals surface area contributed by atoms with Gasteiger partial charge >= 0.3 is 5.97 Å². The van der Waals surface area contributed by atoms with E-state index in [1.165, 1.54) is 6.07 Å². The topological polar surface area (TPSA) is 99.3 Å². The van der Waals surface area contributed by atoms with Crippen molar-refractivity contribution in [2.75, 3.05) is 0 Å². The molecule has 0 aliphatic heterocycles. The van der Waals surface area contributed by atoms with Crippen LogP contribution in [-0.4, -0.2) is 28.0 Å². The molecular formula is C12H16N2O4. The Kier molecular flexibility index (Phi) is 4.25. The normalized spacial score (nSPS) is 12.2. The predicted octanol–water partition coefficient (Wildman–Crippen LogP) is 0.522. The molecule has 1 rings (SSSR count). The van der Waals surface area contributed by atoms with Gasteiger partial charge in [0.1, 0.15) is 11.6 Å². The highest BCUT2D eigenvalue weighted by atomic mass is 16.4. The molecule has 18 heavy (non-hydrogen) atoms. The lowest BCUT2D eigenvalue weighted by atomic mass is 10.0. The van der Waals surface area contributed by atoms with E-state index in [0.717, 1.165) is 0 Å². The summed E-state index contributed by atoms with van der Waals surface area (Å²) in [6.45, 7) is 5.05. The van der Waals surface area contributed by atoms with Crippen LogP contribution >= 0.6 is 0 Å². The molecule has 6 nitrogen and oxygen atoms in total. The molecule has 0 aliphatic carbocycles. The Labute approximate surface area is 104 Å². The Morgan fingerprint density at radius 2 is 1.94 bits per heavy atom. The van der Waals surface area contributed by atoms with E-state index < -0.39 is 23.5 Å². The molecule has 98 valence electrons. The number of carboxylic acid groups (broad SMARTS) is 1. The fourth-order valence-corrected chi connectivity index (χ4v) is 1.48. The highest BCUT2D eigenvalue weighted by molar-refractivity contribution is 5.96. The van der Waals surface area contributed by atoms with E-state index in [9.17, 15) is 14.4 Å². The second-order valence-corrected chi connectivity index (χ2v) is 4.42. The number of carbonyl (C=O) groups is 2. The number of H-pyrrole nitrogens is 1. The first-order chi connectivity index (χ1) is 8.32. The van der Waals surface area contributed by atoms with Crippen LogP contribution in [0.2, 0.25) is 0 Å². The molecular weight excluding hydrogens is 236 g/mol. The van der Waals surface area contributed by atoms with E-state index in [1.54, 1.807) is 26.8 Å². The first-order valence-electron chi connectivity index (χ1n) is 5.56. The Morgan fingerprint density at radius 3 is 2.39 bits per heavy atom.